The van der Waals surface area contributed by atoms with E-state index >= 15 is 0 Å². The standard InChI is InChI=1S/C12H19N3O2S/c13-10(18-11(14)17-16)15-12-4-7-1-8(5-12)3-9(2-7)6-12/h7-9,14,16H,1-6H2,(H2,13,15). The van der Waals surface area contributed by atoms with Crippen molar-refractivity contribution >= 4 is 22.2 Å². The van der Waals surface area contributed by atoms with E-state index in [1.165, 1.54) is 19.3 Å². The minimum absolute atomic E-state index is 0.0154. The first kappa shape index (κ1) is 12.3. The summed E-state index contributed by atoms with van der Waals surface area (Å²) in [6, 6.07) is 0. The van der Waals surface area contributed by atoms with E-state index in [1.54, 1.807) is 0 Å². The Balaban J connectivity index is 1.75. The first-order valence-corrected chi connectivity index (χ1v) is 7.33. The van der Waals surface area contributed by atoms with Crippen molar-refractivity contribution in [3.63, 3.8) is 0 Å². The van der Waals surface area contributed by atoms with Crippen LogP contribution in [0.3, 0.4) is 0 Å². The Morgan fingerprint density at radius 3 is 2.17 bits per heavy atom. The number of amidine groups is 1. The van der Waals surface area contributed by atoms with Crippen LogP contribution in [0, 0.1) is 23.2 Å². The molecule has 4 N–H and O–H groups in total. The molecule has 4 aliphatic rings. The average molecular weight is 269 g/mol. The molecule has 0 saturated heterocycles. The largest absolute Gasteiger partial charge is 0.378 e. The van der Waals surface area contributed by atoms with Crippen molar-refractivity contribution in [1.82, 2.24) is 0 Å². The third kappa shape index (κ3) is 2.23. The van der Waals surface area contributed by atoms with Gasteiger partial charge in [0.15, 0.2) is 5.17 Å². The summed E-state index contributed by atoms with van der Waals surface area (Å²) in [5.41, 5.74) is 5.87. The zero-order valence-corrected chi connectivity index (χ0v) is 11.1. The Hall–Kier alpha value is -0.750. The van der Waals surface area contributed by atoms with Gasteiger partial charge in [0, 0.05) is 11.8 Å². The van der Waals surface area contributed by atoms with Crippen LogP contribution in [0.2, 0.25) is 0 Å². The maximum Gasteiger partial charge on any atom is 0.291 e. The molecule has 0 spiro atoms. The molecule has 4 aliphatic carbocycles. The van der Waals surface area contributed by atoms with Crippen LogP contribution in [-0.4, -0.2) is 21.2 Å². The highest BCUT2D eigenvalue weighted by Crippen LogP contribution is 2.57. The van der Waals surface area contributed by atoms with Gasteiger partial charge in [-0.1, -0.05) is 0 Å². The van der Waals surface area contributed by atoms with E-state index in [0.29, 0.717) is 5.17 Å². The highest BCUT2D eigenvalue weighted by atomic mass is 32.2. The van der Waals surface area contributed by atoms with E-state index in [4.69, 9.17) is 16.4 Å². The van der Waals surface area contributed by atoms with Crippen LogP contribution in [0.1, 0.15) is 38.5 Å². The first-order chi connectivity index (χ1) is 8.58. The maximum atomic E-state index is 8.36. The molecule has 0 radical (unpaired) electrons. The van der Waals surface area contributed by atoms with Crippen LogP contribution in [0.4, 0.5) is 0 Å². The normalized spacial score (nSPS) is 42.1. The second-order valence-electron chi connectivity index (χ2n) is 6.07. The number of rotatable bonds is 1. The topological polar surface area (TPSA) is 91.7 Å². The summed E-state index contributed by atoms with van der Waals surface area (Å²) in [6.07, 6.45) is 7.56. The number of nitrogens with one attached hydrogen (secondary N) is 1. The zero-order chi connectivity index (χ0) is 12.8. The Morgan fingerprint density at radius 1 is 1.22 bits per heavy atom. The van der Waals surface area contributed by atoms with E-state index in [0.717, 1.165) is 48.8 Å². The summed E-state index contributed by atoms with van der Waals surface area (Å²) >= 11 is 0.887. The van der Waals surface area contributed by atoms with Gasteiger partial charge in [0.05, 0.1) is 5.54 Å². The maximum absolute atomic E-state index is 8.36. The molecule has 0 heterocycles. The van der Waals surface area contributed by atoms with Crippen molar-refractivity contribution in [2.75, 3.05) is 0 Å². The molecule has 4 rings (SSSR count). The summed E-state index contributed by atoms with van der Waals surface area (Å²) in [4.78, 5) is 8.51. The lowest BCUT2D eigenvalue weighted by Gasteiger charge is -2.54. The van der Waals surface area contributed by atoms with Crippen LogP contribution in [0.15, 0.2) is 4.99 Å². The van der Waals surface area contributed by atoms with E-state index in [-0.39, 0.29) is 10.8 Å². The second-order valence-corrected chi connectivity index (χ2v) is 7.07. The Bertz CT molecular complexity index is 361. The summed E-state index contributed by atoms with van der Waals surface area (Å²) < 4.78 is 0. The number of aliphatic imine (C=N–C) groups is 1. The number of hydrogen-bond acceptors (Lipinski definition) is 5. The molecule has 100 valence electrons. The fourth-order valence-corrected chi connectivity index (χ4v) is 5.04. The van der Waals surface area contributed by atoms with Gasteiger partial charge in [-0.05, 0) is 56.3 Å². The molecule has 4 bridgehead atoms. The molecule has 0 unspecified atom stereocenters. The van der Waals surface area contributed by atoms with E-state index in [2.05, 4.69) is 9.88 Å². The summed E-state index contributed by atoms with van der Waals surface area (Å²) in [5, 5.41) is 15.6. The van der Waals surface area contributed by atoms with Gasteiger partial charge in [-0.3, -0.25) is 10.4 Å². The molecule has 0 atom stereocenters. The molecule has 18 heavy (non-hydrogen) atoms. The van der Waals surface area contributed by atoms with Gasteiger partial charge >= 0.3 is 0 Å². The molecule has 4 saturated carbocycles. The number of nitrogens with zero attached hydrogens (tertiary/aromatic N) is 1. The predicted octanol–water partition coefficient (Wildman–Crippen LogP) is 2.43. The van der Waals surface area contributed by atoms with Crippen LogP contribution >= 0.6 is 11.8 Å². The van der Waals surface area contributed by atoms with Crippen molar-refractivity contribution in [1.29, 1.82) is 5.41 Å². The predicted molar refractivity (Wildman–Crippen MR) is 71.6 cm³/mol. The van der Waals surface area contributed by atoms with E-state index in [9.17, 15) is 0 Å². The van der Waals surface area contributed by atoms with Crippen molar-refractivity contribution in [3.8, 4) is 0 Å². The van der Waals surface area contributed by atoms with Crippen LogP contribution in [0.25, 0.3) is 0 Å². The van der Waals surface area contributed by atoms with Gasteiger partial charge in [0.1, 0.15) is 0 Å². The smallest absolute Gasteiger partial charge is 0.291 e. The zero-order valence-electron chi connectivity index (χ0n) is 10.3. The van der Waals surface area contributed by atoms with Gasteiger partial charge in [-0.25, -0.2) is 5.26 Å². The van der Waals surface area contributed by atoms with Crippen LogP contribution < -0.4 is 5.73 Å². The monoisotopic (exact) mass is 269 g/mol. The quantitative estimate of drug-likeness (QED) is 0.295. The average Bonchev–Trinajstić information content (AvgIpc) is 2.25. The van der Waals surface area contributed by atoms with Crippen LogP contribution in [-0.2, 0) is 4.89 Å². The van der Waals surface area contributed by atoms with Gasteiger partial charge in [0.2, 0.25) is 0 Å². The third-order valence-electron chi connectivity index (χ3n) is 4.63. The minimum atomic E-state index is -0.319. The molecule has 4 fully saturated rings. The molecule has 0 aromatic rings. The highest BCUT2D eigenvalue weighted by Gasteiger charge is 2.51. The highest BCUT2D eigenvalue weighted by molar-refractivity contribution is 8.26. The molecule has 6 heteroatoms. The molecular weight excluding hydrogens is 250 g/mol. The molecule has 0 aliphatic heterocycles. The van der Waals surface area contributed by atoms with Crippen molar-refractivity contribution in [2.24, 2.45) is 28.5 Å². The fraction of sp³-hybridized carbons (Fsp3) is 0.833. The van der Waals surface area contributed by atoms with Crippen molar-refractivity contribution in [2.45, 2.75) is 44.1 Å². The summed E-state index contributed by atoms with van der Waals surface area (Å²) in [7, 11) is 0. The lowest BCUT2D eigenvalue weighted by atomic mass is 9.53. The fourth-order valence-electron chi connectivity index (χ4n) is 4.57. The van der Waals surface area contributed by atoms with Gasteiger partial charge in [0.25, 0.3) is 5.23 Å². The summed E-state index contributed by atoms with van der Waals surface area (Å²) in [6.45, 7) is 0. The van der Waals surface area contributed by atoms with Gasteiger partial charge < -0.3 is 10.6 Å². The number of hydrogen-bond donors (Lipinski definition) is 3. The van der Waals surface area contributed by atoms with E-state index < -0.39 is 0 Å². The number of thioether (sulfide) groups is 1. The summed E-state index contributed by atoms with van der Waals surface area (Å²) in [5.74, 6) is 2.48. The number of nitrogens with two attached hydrogens (primary N) is 1. The van der Waals surface area contributed by atoms with Gasteiger partial charge in [-0.2, -0.15) is 0 Å². The molecule has 0 amide bonds. The van der Waals surface area contributed by atoms with Crippen LogP contribution in [0.5, 0.6) is 0 Å². The Labute approximate surface area is 111 Å². The Kier molecular flexibility index (Phi) is 3.02. The van der Waals surface area contributed by atoms with Crippen molar-refractivity contribution in [3.05, 3.63) is 0 Å². The second kappa shape index (κ2) is 4.42. The lowest BCUT2D eigenvalue weighted by Crippen LogP contribution is -2.50. The molecule has 0 aromatic heterocycles. The third-order valence-corrected chi connectivity index (χ3v) is 5.19. The van der Waals surface area contributed by atoms with Crippen molar-refractivity contribution < 1.29 is 10.1 Å². The molecule has 5 nitrogen and oxygen atoms in total. The SMILES string of the molecule is N=C(OO)SC(N)=NC12CC3CC(CC(C3)C1)C2. The van der Waals surface area contributed by atoms with E-state index in [1.807, 2.05) is 0 Å². The Morgan fingerprint density at radius 2 is 1.72 bits per heavy atom. The minimum Gasteiger partial charge on any atom is -0.378 e. The first-order valence-electron chi connectivity index (χ1n) is 6.52. The molecule has 0 aromatic carbocycles. The molecular formula is C12H19N3O2S. The van der Waals surface area contributed by atoms with Gasteiger partial charge in [-0.15, -0.1) is 0 Å². The lowest BCUT2D eigenvalue weighted by molar-refractivity contribution is -0.151.